The number of hydrogen-bond donors (Lipinski definition) is 0. The maximum Gasteiger partial charge on any atom is 0.222 e. The molecule has 0 bridgehead atoms. The third kappa shape index (κ3) is 2.51. The van der Waals surface area contributed by atoms with Gasteiger partial charge in [0.15, 0.2) is 0 Å². The summed E-state index contributed by atoms with van der Waals surface area (Å²) in [5.74, 6) is 0. The molecule has 0 saturated carbocycles. The quantitative estimate of drug-likeness (QED) is 0.462. The molecule has 0 aromatic carbocycles. The van der Waals surface area contributed by atoms with E-state index in [0.29, 0.717) is 3.58 Å². The van der Waals surface area contributed by atoms with Gasteiger partial charge in [-0.3, -0.25) is 0 Å². The Kier molecular flexibility index (Phi) is 3.45. The molecule has 13 heavy (non-hydrogen) atoms. The summed E-state index contributed by atoms with van der Waals surface area (Å²) in [5, 5.41) is 0. The largest absolute Gasteiger partial charge is 0.222 e. The molecule has 0 fully saturated rings. The molecule has 1 rings (SSSR count). The molecule has 0 atom stereocenters. The van der Waals surface area contributed by atoms with Crippen LogP contribution in [-0.4, -0.2) is 26.6 Å². The first-order valence-electron chi connectivity index (χ1n) is 3.00. The molecule has 0 saturated heterocycles. The van der Waals surface area contributed by atoms with E-state index in [-0.39, 0.29) is 9.73 Å². The molecular formula is C6H3IO4S2. The van der Waals surface area contributed by atoms with Gasteiger partial charge in [-0.1, -0.05) is 0 Å². The highest BCUT2D eigenvalue weighted by Gasteiger charge is 2.09. The first kappa shape index (κ1) is 10.7. The second kappa shape index (κ2) is 4.20. The van der Waals surface area contributed by atoms with E-state index in [9.17, 15) is 16.8 Å². The van der Waals surface area contributed by atoms with Crippen LogP contribution in [0.3, 0.4) is 0 Å². The smallest absolute Gasteiger partial charge is 0.184 e. The Morgan fingerprint density at radius 1 is 1.00 bits per heavy atom. The SMILES string of the molecule is O=S(=O)=C1C=CC(=S(=O)=O)C(I)=C1. The lowest BCUT2D eigenvalue weighted by atomic mass is 10.2. The maximum atomic E-state index is 10.5. The van der Waals surface area contributed by atoms with Gasteiger partial charge in [0.05, 0.1) is 4.86 Å². The summed E-state index contributed by atoms with van der Waals surface area (Å²) >= 11 is 1.77. The first-order valence-corrected chi connectivity index (χ1v) is 6.23. The minimum Gasteiger partial charge on any atom is -0.184 e. The van der Waals surface area contributed by atoms with Crippen molar-refractivity contribution in [2.24, 2.45) is 0 Å². The number of hydrogen-bond acceptors (Lipinski definition) is 4. The summed E-state index contributed by atoms with van der Waals surface area (Å²) in [7, 11) is -4.64. The van der Waals surface area contributed by atoms with E-state index < -0.39 is 20.6 Å². The van der Waals surface area contributed by atoms with Crippen LogP contribution in [0.25, 0.3) is 0 Å². The van der Waals surface area contributed by atoms with Crippen molar-refractivity contribution in [1.82, 2.24) is 0 Å². The standard InChI is InChI=1S/C6H3IO4S2/c7-5-3-4(12(8)9)1-2-6(5)13(10)11/h1-3H. The molecule has 0 aromatic heterocycles. The monoisotopic (exact) mass is 330 g/mol. The fourth-order valence-electron chi connectivity index (χ4n) is 0.720. The topological polar surface area (TPSA) is 68.3 Å². The zero-order valence-electron chi connectivity index (χ0n) is 6.06. The molecule has 1 aliphatic carbocycles. The van der Waals surface area contributed by atoms with Crippen LogP contribution >= 0.6 is 22.6 Å². The molecule has 70 valence electrons. The minimum atomic E-state index is -2.32. The first-order chi connectivity index (χ1) is 6.02. The molecule has 0 heterocycles. The van der Waals surface area contributed by atoms with E-state index in [2.05, 4.69) is 0 Å². The maximum absolute atomic E-state index is 10.5. The lowest BCUT2D eigenvalue weighted by Crippen LogP contribution is -2.05. The lowest BCUT2D eigenvalue weighted by Gasteiger charge is -1.99. The molecule has 4 nitrogen and oxygen atoms in total. The highest BCUT2D eigenvalue weighted by molar-refractivity contribution is 14.1. The predicted molar refractivity (Wildman–Crippen MR) is 59.1 cm³/mol. The van der Waals surface area contributed by atoms with Crippen molar-refractivity contribution in [1.29, 1.82) is 0 Å². The van der Waals surface area contributed by atoms with Crippen molar-refractivity contribution in [2.45, 2.75) is 0 Å². The van der Waals surface area contributed by atoms with Gasteiger partial charge < -0.3 is 0 Å². The Hall–Kier alpha value is -0.410. The van der Waals surface area contributed by atoms with Crippen LogP contribution in [0.5, 0.6) is 0 Å². The van der Waals surface area contributed by atoms with Gasteiger partial charge >= 0.3 is 0 Å². The average Bonchev–Trinajstić information content (AvgIpc) is 2.03. The third-order valence-electron chi connectivity index (χ3n) is 1.28. The van der Waals surface area contributed by atoms with Gasteiger partial charge in [0.25, 0.3) is 0 Å². The molecule has 1 aliphatic rings. The van der Waals surface area contributed by atoms with Crippen LogP contribution in [0, 0.1) is 0 Å². The third-order valence-corrected chi connectivity index (χ3v) is 3.89. The van der Waals surface area contributed by atoms with Crippen molar-refractivity contribution in [3.63, 3.8) is 0 Å². The van der Waals surface area contributed by atoms with Crippen molar-refractivity contribution in [2.75, 3.05) is 0 Å². The summed E-state index contributed by atoms with van der Waals surface area (Å²) in [5.41, 5.74) is 0. The van der Waals surface area contributed by atoms with E-state index in [4.69, 9.17) is 0 Å². The molecular weight excluding hydrogens is 327 g/mol. The molecule has 0 radical (unpaired) electrons. The zero-order valence-corrected chi connectivity index (χ0v) is 9.85. The zero-order chi connectivity index (χ0) is 10.0. The van der Waals surface area contributed by atoms with Gasteiger partial charge in [-0.2, -0.15) is 16.8 Å². The van der Waals surface area contributed by atoms with Crippen molar-refractivity contribution >= 4 is 52.9 Å². The van der Waals surface area contributed by atoms with Crippen LogP contribution in [0.2, 0.25) is 0 Å². The van der Waals surface area contributed by atoms with Crippen molar-refractivity contribution < 1.29 is 16.8 Å². The van der Waals surface area contributed by atoms with Crippen LogP contribution < -0.4 is 0 Å². The van der Waals surface area contributed by atoms with Gasteiger partial charge in [0, 0.05) is 3.58 Å². The summed E-state index contributed by atoms with van der Waals surface area (Å²) in [6, 6.07) is 0. The molecule has 0 amide bonds. The second-order valence-electron chi connectivity index (χ2n) is 2.06. The Bertz CT molecular complexity index is 544. The molecule has 0 unspecified atom stereocenters. The van der Waals surface area contributed by atoms with Crippen LogP contribution in [0.4, 0.5) is 0 Å². The molecule has 0 aliphatic heterocycles. The van der Waals surface area contributed by atoms with Crippen LogP contribution in [-0.2, 0) is 20.6 Å². The van der Waals surface area contributed by atoms with E-state index in [0.717, 1.165) is 0 Å². The summed E-state index contributed by atoms with van der Waals surface area (Å²) in [4.78, 5) is 0.188. The fraction of sp³-hybridized carbons (Fsp3) is 0. The van der Waals surface area contributed by atoms with Gasteiger partial charge in [-0.05, 0) is 40.8 Å². The Labute approximate surface area is 91.2 Å². The van der Waals surface area contributed by atoms with Crippen molar-refractivity contribution in [3.05, 3.63) is 21.8 Å². The molecule has 0 N–H and O–H groups in total. The van der Waals surface area contributed by atoms with E-state index >= 15 is 0 Å². The van der Waals surface area contributed by atoms with Gasteiger partial charge in [-0.25, -0.2) is 0 Å². The summed E-state index contributed by atoms with van der Waals surface area (Å²) in [6.07, 6.45) is 3.81. The van der Waals surface area contributed by atoms with Gasteiger partial charge in [-0.15, -0.1) is 0 Å². The van der Waals surface area contributed by atoms with E-state index in [1.54, 1.807) is 22.6 Å². The van der Waals surface area contributed by atoms with E-state index in [1.807, 2.05) is 0 Å². The normalized spacial score (nSPS) is 15.6. The van der Waals surface area contributed by atoms with Crippen LogP contribution in [0.15, 0.2) is 21.8 Å². The second-order valence-corrected chi connectivity index (χ2v) is 5.07. The van der Waals surface area contributed by atoms with Crippen LogP contribution in [0.1, 0.15) is 0 Å². The average molecular weight is 330 g/mol. The number of halogens is 1. The molecule has 0 aromatic rings. The van der Waals surface area contributed by atoms with Gasteiger partial charge in [0.1, 0.15) is 4.86 Å². The number of allylic oxidation sites excluding steroid dienone is 4. The van der Waals surface area contributed by atoms with Gasteiger partial charge in [0.2, 0.25) is 20.6 Å². The number of rotatable bonds is 0. The summed E-state index contributed by atoms with van der Waals surface area (Å²) in [6.45, 7) is 0. The Morgan fingerprint density at radius 2 is 1.62 bits per heavy atom. The molecule has 7 heteroatoms. The highest BCUT2D eigenvalue weighted by Crippen LogP contribution is 2.13. The van der Waals surface area contributed by atoms with Crippen molar-refractivity contribution in [3.8, 4) is 0 Å². The predicted octanol–water partition coefficient (Wildman–Crippen LogP) is -0.0219. The lowest BCUT2D eigenvalue weighted by molar-refractivity contribution is 0.625. The van der Waals surface area contributed by atoms with E-state index in [1.165, 1.54) is 18.2 Å². The minimum absolute atomic E-state index is 0.0820. The Morgan fingerprint density at radius 3 is 2.00 bits per heavy atom. The molecule has 0 spiro atoms. The fourth-order valence-corrected chi connectivity index (χ4v) is 2.78. The highest BCUT2D eigenvalue weighted by atomic mass is 127. The summed E-state index contributed by atoms with van der Waals surface area (Å²) < 4.78 is 42.4. The Balaban J connectivity index is 3.47.